The van der Waals surface area contributed by atoms with Crippen LogP contribution in [0.5, 0.6) is 0 Å². The van der Waals surface area contributed by atoms with Gasteiger partial charge in [0.1, 0.15) is 6.10 Å². The first-order chi connectivity index (χ1) is 9.10. The normalized spacial score (nSPS) is 33.5. The monoisotopic (exact) mass is 262 g/mol. The number of aromatic nitrogens is 1. The number of hydrogen-bond donors (Lipinski definition) is 0. The maximum atomic E-state index is 12.0. The molecule has 2 saturated heterocycles. The lowest BCUT2D eigenvalue weighted by molar-refractivity contribution is -0.703. The van der Waals surface area contributed by atoms with Crippen molar-refractivity contribution in [3.63, 3.8) is 0 Å². The molecule has 5 heteroatoms. The molecule has 0 aromatic carbocycles. The molecule has 1 spiro atoms. The van der Waals surface area contributed by atoms with Gasteiger partial charge in [0.05, 0.1) is 0 Å². The van der Waals surface area contributed by atoms with Crippen molar-refractivity contribution in [3.8, 4) is 0 Å². The molecular formula is C14H16NO4+. The predicted octanol–water partition coefficient (Wildman–Crippen LogP) is 0.611. The van der Waals surface area contributed by atoms with E-state index in [-0.39, 0.29) is 12.2 Å². The number of carbonyl (C=O) groups is 2. The zero-order valence-electron chi connectivity index (χ0n) is 10.7. The molecule has 100 valence electrons. The van der Waals surface area contributed by atoms with Gasteiger partial charge in [0.2, 0.25) is 0 Å². The molecule has 3 rings (SSSR count). The van der Waals surface area contributed by atoms with Gasteiger partial charge in [-0.2, -0.15) is 0 Å². The first kappa shape index (κ1) is 12.1. The molecule has 0 radical (unpaired) electrons. The fraction of sp³-hybridized carbons (Fsp3) is 0.500. The first-order valence-corrected chi connectivity index (χ1v) is 6.46. The standard InChI is InChI=1S/C14H16NO4/c1-10-7-14(12(16)18-10)8-11(19-13(14)17)9-15-5-3-2-4-6-15/h2-6,10-11H,7-9H2,1H3/q+1. The Morgan fingerprint density at radius 1 is 1.16 bits per heavy atom. The van der Waals surface area contributed by atoms with Crippen molar-refractivity contribution in [2.45, 2.75) is 38.5 Å². The van der Waals surface area contributed by atoms with E-state index in [0.29, 0.717) is 19.4 Å². The average Bonchev–Trinajstić information content (AvgIpc) is 2.82. The van der Waals surface area contributed by atoms with Crippen LogP contribution < -0.4 is 4.57 Å². The van der Waals surface area contributed by atoms with Crippen LogP contribution in [0.1, 0.15) is 19.8 Å². The third kappa shape index (κ3) is 1.99. The van der Waals surface area contributed by atoms with Crippen LogP contribution in [-0.2, 0) is 25.6 Å². The molecular weight excluding hydrogens is 246 g/mol. The van der Waals surface area contributed by atoms with Crippen molar-refractivity contribution in [3.05, 3.63) is 30.6 Å². The summed E-state index contributed by atoms with van der Waals surface area (Å²) < 4.78 is 12.4. The molecule has 1 aromatic heterocycles. The number of rotatable bonds is 2. The van der Waals surface area contributed by atoms with E-state index in [1.807, 2.05) is 35.2 Å². The second-order valence-corrected chi connectivity index (χ2v) is 5.31. The Kier molecular flexibility index (Phi) is 2.77. The van der Waals surface area contributed by atoms with E-state index >= 15 is 0 Å². The molecule has 0 bridgehead atoms. The molecule has 5 nitrogen and oxygen atoms in total. The summed E-state index contributed by atoms with van der Waals surface area (Å²) in [4.78, 5) is 23.9. The highest BCUT2D eigenvalue weighted by molar-refractivity contribution is 6.02. The number of pyridine rings is 1. The molecule has 1 aromatic rings. The summed E-state index contributed by atoms with van der Waals surface area (Å²) in [7, 11) is 0. The van der Waals surface area contributed by atoms with Gasteiger partial charge in [-0.3, -0.25) is 9.59 Å². The molecule has 0 N–H and O–H groups in total. The number of nitrogens with zero attached hydrogens (tertiary/aromatic N) is 1. The molecule has 3 atom stereocenters. The van der Waals surface area contributed by atoms with Crippen molar-refractivity contribution in [2.75, 3.05) is 0 Å². The van der Waals surface area contributed by atoms with E-state index in [2.05, 4.69) is 0 Å². The third-order valence-electron chi connectivity index (χ3n) is 3.77. The molecule has 2 fully saturated rings. The summed E-state index contributed by atoms with van der Waals surface area (Å²) >= 11 is 0. The van der Waals surface area contributed by atoms with Crippen molar-refractivity contribution in [1.29, 1.82) is 0 Å². The van der Waals surface area contributed by atoms with Crippen LogP contribution in [0, 0.1) is 5.41 Å². The Balaban J connectivity index is 1.75. The van der Waals surface area contributed by atoms with Gasteiger partial charge >= 0.3 is 11.9 Å². The fourth-order valence-electron chi connectivity index (χ4n) is 2.92. The summed E-state index contributed by atoms with van der Waals surface area (Å²) in [5, 5.41) is 0. The summed E-state index contributed by atoms with van der Waals surface area (Å²) in [5.74, 6) is -0.853. The molecule has 2 aliphatic rings. The highest BCUT2D eigenvalue weighted by atomic mass is 16.6. The zero-order chi connectivity index (χ0) is 13.5. The van der Waals surface area contributed by atoms with Gasteiger partial charge in [0.25, 0.3) is 0 Å². The van der Waals surface area contributed by atoms with Crippen molar-refractivity contribution in [1.82, 2.24) is 0 Å². The summed E-state index contributed by atoms with van der Waals surface area (Å²) in [6.07, 6.45) is 4.20. The van der Waals surface area contributed by atoms with E-state index in [0.717, 1.165) is 0 Å². The Labute approximate surface area is 111 Å². The first-order valence-electron chi connectivity index (χ1n) is 6.46. The summed E-state index contributed by atoms with van der Waals surface area (Å²) in [5.41, 5.74) is -1.06. The van der Waals surface area contributed by atoms with E-state index in [1.54, 1.807) is 6.92 Å². The Morgan fingerprint density at radius 3 is 2.47 bits per heavy atom. The second kappa shape index (κ2) is 4.33. The summed E-state index contributed by atoms with van der Waals surface area (Å²) in [6.45, 7) is 2.37. The Morgan fingerprint density at radius 2 is 1.84 bits per heavy atom. The van der Waals surface area contributed by atoms with E-state index in [9.17, 15) is 9.59 Å². The van der Waals surface area contributed by atoms with Crippen molar-refractivity contribution in [2.24, 2.45) is 5.41 Å². The van der Waals surface area contributed by atoms with Gasteiger partial charge in [-0.25, -0.2) is 4.57 Å². The minimum Gasteiger partial charge on any atom is -0.462 e. The molecule has 2 aliphatic heterocycles. The van der Waals surface area contributed by atoms with E-state index < -0.39 is 17.4 Å². The molecule has 19 heavy (non-hydrogen) atoms. The third-order valence-corrected chi connectivity index (χ3v) is 3.77. The lowest BCUT2D eigenvalue weighted by atomic mass is 9.82. The van der Waals surface area contributed by atoms with Crippen LogP contribution in [0.3, 0.4) is 0 Å². The van der Waals surface area contributed by atoms with Crippen molar-refractivity contribution >= 4 is 11.9 Å². The van der Waals surface area contributed by atoms with E-state index in [4.69, 9.17) is 9.47 Å². The van der Waals surface area contributed by atoms with Crippen LogP contribution in [0.4, 0.5) is 0 Å². The van der Waals surface area contributed by atoms with Gasteiger partial charge in [0.15, 0.2) is 30.5 Å². The predicted molar refractivity (Wildman–Crippen MR) is 63.7 cm³/mol. The number of esters is 2. The highest BCUT2D eigenvalue weighted by Crippen LogP contribution is 2.44. The lowest BCUT2D eigenvalue weighted by Gasteiger charge is -2.10. The van der Waals surface area contributed by atoms with Gasteiger partial charge in [0, 0.05) is 25.0 Å². The highest BCUT2D eigenvalue weighted by Gasteiger charge is 2.61. The minimum absolute atomic E-state index is 0.205. The zero-order valence-corrected chi connectivity index (χ0v) is 10.7. The van der Waals surface area contributed by atoms with Crippen LogP contribution in [0.25, 0.3) is 0 Å². The number of cyclic esters (lactones) is 2. The number of carbonyl (C=O) groups excluding carboxylic acids is 2. The van der Waals surface area contributed by atoms with Crippen LogP contribution >= 0.6 is 0 Å². The topological polar surface area (TPSA) is 56.5 Å². The van der Waals surface area contributed by atoms with Gasteiger partial charge in [-0.1, -0.05) is 6.07 Å². The number of hydrogen-bond acceptors (Lipinski definition) is 4. The van der Waals surface area contributed by atoms with Crippen molar-refractivity contribution < 1.29 is 23.6 Å². The smallest absolute Gasteiger partial charge is 0.324 e. The average molecular weight is 262 g/mol. The Hall–Kier alpha value is -1.91. The molecule has 0 saturated carbocycles. The van der Waals surface area contributed by atoms with Crippen LogP contribution in [0.2, 0.25) is 0 Å². The molecule has 0 aliphatic carbocycles. The van der Waals surface area contributed by atoms with Crippen LogP contribution in [0.15, 0.2) is 30.6 Å². The second-order valence-electron chi connectivity index (χ2n) is 5.31. The fourth-order valence-corrected chi connectivity index (χ4v) is 2.92. The molecule has 0 amide bonds. The maximum absolute atomic E-state index is 12.0. The maximum Gasteiger partial charge on any atom is 0.324 e. The van der Waals surface area contributed by atoms with Gasteiger partial charge < -0.3 is 9.47 Å². The molecule has 3 unspecified atom stereocenters. The number of ether oxygens (including phenoxy) is 2. The van der Waals surface area contributed by atoms with Gasteiger partial charge in [-0.05, 0) is 6.92 Å². The summed E-state index contributed by atoms with van der Waals surface area (Å²) in [6, 6.07) is 5.76. The van der Waals surface area contributed by atoms with Gasteiger partial charge in [-0.15, -0.1) is 0 Å². The SMILES string of the molecule is CC1CC2(CC(C[n+]3ccccc3)OC2=O)C(=O)O1. The van der Waals surface area contributed by atoms with Crippen LogP contribution in [-0.4, -0.2) is 24.1 Å². The van der Waals surface area contributed by atoms with E-state index in [1.165, 1.54) is 0 Å². The largest absolute Gasteiger partial charge is 0.462 e. The Bertz CT molecular complexity index is 515. The molecule has 3 heterocycles. The quantitative estimate of drug-likeness (QED) is 0.445. The lowest BCUT2D eigenvalue weighted by Crippen LogP contribution is -2.39. The minimum atomic E-state index is -1.06.